The van der Waals surface area contributed by atoms with Crippen LogP contribution >= 0.6 is 0 Å². The zero-order valence-electron chi connectivity index (χ0n) is 21.0. The van der Waals surface area contributed by atoms with Crippen molar-refractivity contribution in [3.63, 3.8) is 0 Å². The van der Waals surface area contributed by atoms with Gasteiger partial charge in [0.1, 0.15) is 0 Å². The first kappa shape index (κ1) is 27.2. The summed E-state index contributed by atoms with van der Waals surface area (Å²) in [6.45, 7) is 12.7. The minimum atomic E-state index is 1.25. The third-order valence-corrected chi connectivity index (χ3v) is 7.08. The van der Waals surface area contributed by atoms with E-state index in [1.54, 1.807) is 0 Å². The van der Waals surface area contributed by atoms with Gasteiger partial charge in [0, 0.05) is 0 Å². The van der Waals surface area contributed by atoms with Gasteiger partial charge in [0.05, 0.1) is 26.2 Å². The van der Waals surface area contributed by atoms with E-state index >= 15 is 0 Å². The Morgan fingerprint density at radius 2 is 0.933 bits per heavy atom. The average molecular weight is 417 g/mol. The zero-order chi connectivity index (χ0) is 21.8. The molecule has 30 heavy (non-hydrogen) atoms. The lowest BCUT2D eigenvalue weighted by atomic mass is 10.1. The fourth-order valence-corrected chi connectivity index (χ4v) is 4.86. The first-order valence-corrected chi connectivity index (χ1v) is 13.7. The number of quaternary nitrogens is 1. The predicted molar refractivity (Wildman–Crippen MR) is 136 cm³/mol. The third-order valence-electron chi connectivity index (χ3n) is 7.08. The Balaban J connectivity index is 2.37. The minimum absolute atomic E-state index is 1.25. The Labute approximate surface area is 190 Å². The first-order chi connectivity index (χ1) is 14.8. The summed E-state index contributed by atoms with van der Waals surface area (Å²) in [4.78, 5) is 0. The maximum Gasteiger partial charge on any atom is 0.0786 e. The van der Waals surface area contributed by atoms with Crippen LogP contribution in [0.5, 0.6) is 0 Å². The van der Waals surface area contributed by atoms with Crippen LogP contribution in [0.4, 0.5) is 0 Å². The van der Waals surface area contributed by atoms with Crippen molar-refractivity contribution in [1.29, 1.82) is 0 Å². The molecule has 0 amide bonds. The maximum absolute atomic E-state index is 2.46. The van der Waals surface area contributed by atoms with Crippen LogP contribution in [0.15, 0.2) is 30.3 Å². The van der Waals surface area contributed by atoms with Gasteiger partial charge in [-0.2, -0.15) is 0 Å². The zero-order valence-corrected chi connectivity index (χ0v) is 21.0. The number of hydrogen-bond acceptors (Lipinski definition) is 0. The molecule has 0 aliphatic heterocycles. The molecule has 0 atom stereocenters. The van der Waals surface area contributed by atoms with Gasteiger partial charge in [-0.3, -0.25) is 0 Å². The van der Waals surface area contributed by atoms with Gasteiger partial charge in [-0.25, -0.2) is 0 Å². The third kappa shape index (κ3) is 13.5. The molecule has 1 heteroatoms. The van der Waals surface area contributed by atoms with E-state index in [9.17, 15) is 0 Å². The number of aryl methyl sites for hydroxylation is 1. The van der Waals surface area contributed by atoms with Crippen LogP contribution in [0.2, 0.25) is 0 Å². The number of hydrogen-bond donors (Lipinski definition) is 0. The van der Waals surface area contributed by atoms with Crippen LogP contribution in [-0.2, 0) is 6.42 Å². The summed E-state index contributed by atoms with van der Waals surface area (Å²) in [5, 5.41) is 0. The number of rotatable bonds is 21. The van der Waals surface area contributed by atoms with Crippen molar-refractivity contribution >= 4 is 0 Å². The fraction of sp³-hybridized carbons (Fsp3) is 0.793. The van der Waals surface area contributed by atoms with Crippen molar-refractivity contribution in [2.24, 2.45) is 0 Å². The van der Waals surface area contributed by atoms with Crippen molar-refractivity contribution < 1.29 is 4.48 Å². The molecule has 0 aliphatic rings. The Morgan fingerprint density at radius 1 is 0.500 bits per heavy atom. The second kappa shape index (κ2) is 18.9. The summed E-state index contributed by atoms with van der Waals surface area (Å²) in [7, 11) is 0. The molecule has 0 heterocycles. The van der Waals surface area contributed by atoms with Crippen molar-refractivity contribution in [3.05, 3.63) is 35.9 Å². The van der Waals surface area contributed by atoms with E-state index in [-0.39, 0.29) is 0 Å². The molecule has 0 saturated carbocycles. The summed E-state index contributed by atoms with van der Waals surface area (Å²) in [5.41, 5.74) is 1.51. The molecule has 0 fully saturated rings. The molecule has 0 saturated heterocycles. The van der Waals surface area contributed by atoms with Gasteiger partial charge in [0.25, 0.3) is 0 Å². The summed E-state index contributed by atoms with van der Waals surface area (Å²) in [5.74, 6) is 0. The van der Waals surface area contributed by atoms with E-state index in [2.05, 4.69) is 51.1 Å². The van der Waals surface area contributed by atoms with Crippen LogP contribution in [0.1, 0.15) is 123 Å². The van der Waals surface area contributed by atoms with Gasteiger partial charge in [0.2, 0.25) is 0 Å². The molecule has 1 nitrogen and oxygen atoms in total. The standard InChI is InChI=1S/C29H54N/c1-4-7-9-11-13-20-26-30(6-3,27-21-14-12-10-8-5-2)28-22-16-19-25-29-23-17-15-18-24-29/h15,17-18,23-24H,4-14,16,19-22,25-28H2,1-3H3/q+1. The molecule has 174 valence electrons. The van der Waals surface area contributed by atoms with Crippen molar-refractivity contribution in [1.82, 2.24) is 0 Å². The van der Waals surface area contributed by atoms with Gasteiger partial charge in [-0.15, -0.1) is 0 Å². The van der Waals surface area contributed by atoms with Crippen LogP contribution in [0.25, 0.3) is 0 Å². The van der Waals surface area contributed by atoms with Gasteiger partial charge in [0.15, 0.2) is 0 Å². The molecule has 1 aromatic rings. The lowest BCUT2D eigenvalue weighted by Crippen LogP contribution is -2.50. The molecular formula is C29H54N+. The van der Waals surface area contributed by atoms with Gasteiger partial charge in [-0.05, 0) is 63.9 Å². The molecule has 0 unspecified atom stereocenters. The van der Waals surface area contributed by atoms with E-state index in [0.717, 1.165) is 0 Å². The highest BCUT2D eigenvalue weighted by atomic mass is 15.3. The van der Waals surface area contributed by atoms with E-state index in [4.69, 9.17) is 0 Å². The summed E-state index contributed by atoms with van der Waals surface area (Å²) >= 11 is 0. The van der Waals surface area contributed by atoms with Gasteiger partial charge in [-0.1, -0.05) is 95.5 Å². The Hall–Kier alpha value is -0.820. The number of benzene rings is 1. The number of nitrogens with zero attached hydrogens (tertiary/aromatic N) is 1. The van der Waals surface area contributed by atoms with Crippen LogP contribution in [0.3, 0.4) is 0 Å². The van der Waals surface area contributed by atoms with Crippen LogP contribution in [-0.4, -0.2) is 30.7 Å². The van der Waals surface area contributed by atoms with Crippen LogP contribution in [0, 0.1) is 0 Å². The second-order valence-corrected chi connectivity index (χ2v) is 9.66. The van der Waals surface area contributed by atoms with E-state index in [1.807, 2.05) is 0 Å². The highest BCUT2D eigenvalue weighted by Gasteiger charge is 2.23. The smallest absolute Gasteiger partial charge is 0.0786 e. The van der Waals surface area contributed by atoms with Crippen molar-refractivity contribution in [3.8, 4) is 0 Å². The maximum atomic E-state index is 2.46. The molecule has 0 aliphatic carbocycles. The molecule has 0 spiro atoms. The van der Waals surface area contributed by atoms with Gasteiger partial charge >= 0.3 is 0 Å². The lowest BCUT2D eigenvalue weighted by Gasteiger charge is -2.38. The average Bonchev–Trinajstić information content (AvgIpc) is 2.78. The van der Waals surface area contributed by atoms with Gasteiger partial charge < -0.3 is 4.48 Å². The predicted octanol–water partition coefficient (Wildman–Crippen LogP) is 8.96. The highest BCUT2D eigenvalue weighted by Crippen LogP contribution is 2.18. The SMILES string of the molecule is CCCCCCCC[N+](CC)(CCCCCCCC)CCCCCc1ccccc1. The molecule has 0 bridgehead atoms. The topological polar surface area (TPSA) is 0 Å². The van der Waals surface area contributed by atoms with E-state index in [0.29, 0.717) is 0 Å². The number of unbranched alkanes of at least 4 members (excludes halogenated alkanes) is 12. The Kier molecular flexibility index (Phi) is 17.2. The summed E-state index contributed by atoms with van der Waals surface area (Å²) < 4.78 is 1.40. The van der Waals surface area contributed by atoms with E-state index < -0.39 is 0 Å². The quantitative estimate of drug-likeness (QED) is 0.138. The van der Waals surface area contributed by atoms with Crippen molar-refractivity contribution in [2.45, 2.75) is 124 Å². The molecule has 0 aromatic heterocycles. The molecule has 0 N–H and O–H groups in total. The Bertz CT molecular complexity index is 451. The fourth-order valence-electron chi connectivity index (χ4n) is 4.86. The molecule has 1 rings (SSSR count). The molecule has 1 aromatic carbocycles. The van der Waals surface area contributed by atoms with Crippen LogP contribution < -0.4 is 0 Å². The lowest BCUT2D eigenvalue weighted by molar-refractivity contribution is -0.927. The second-order valence-electron chi connectivity index (χ2n) is 9.66. The summed E-state index contributed by atoms with van der Waals surface area (Å²) in [6.07, 6.45) is 22.5. The van der Waals surface area contributed by atoms with Crippen molar-refractivity contribution in [2.75, 3.05) is 26.2 Å². The molecule has 0 radical (unpaired) electrons. The minimum Gasteiger partial charge on any atom is -0.324 e. The normalized spacial score (nSPS) is 11.8. The monoisotopic (exact) mass is 416 g/mol. The highest BCUT2D eigenvalue weighted by molar-refractivity contribution is 5.14. The largest absolute Gasteiger partial charge is 0.324 e. The van der Waals surface area contributed by atoms with E-state index in [1.165, 1.54) is 139 Å². The Morgan fingerprint density at radius 3 is 1.40 bits per heavy atom. The molecular weight excluding hydrogens is 362 g/mol. The summed E-state index contributed by atoms with van der Waals surface area (Å²) in [6, 6.07) is 11.0. The first-order valence-electron chi connectivity index (χ1n) is 13.7.